The molecule has 2 aromatic carbocycles. The van der Waals surface area contributed by atoms with Gasteiger partial charge in [-0.25, -0.2) is 0 Å². The first-order valence-electron chi connectivity index (χ1n) is 9.17. The van der Waals surface area contributed by atoms with Crippen molar-refractivity contribution in [3.05, 3.63) is 74.4 Å². The fraction of sp³-hybridized carbons (Fsp3) is 0.182. The molecule has 1 N–H and O–H groups in total. The van der Waals surface area contributed by atoms with Crippen LogP contribution in [0.5, 0.6) is 11.5 Å². The van der Waals surface area contributed by atoms with Crippen LogP contribution in [0, 0.1) is 0 Å². The number of carbonyl (C=O) groups is 2. The molecular weight excluding hydrogens is 468 g/mol. The number of hydrogen-bond acceptors (Lipinski definition) is 5. The van der Waals surface area contributed by atoms with E-state index in [2.05, 4.69) is 21.2 Å². The molecule has 1 unspecified atom stereocenters. The summed E-state index contributed by atoms with van der Waals surface area (Å²) in [5.41, 5.74) is 1.97. The summed E-state index contributed by atoms with van der Waals surface area (Å²) in [6, 6.07) is 14.2. The Labute approximate surface area is 186 Å². The van der Waals surface area contributed by atoms with Gasteiger partial charge in [0.15, 0.2) is 11.5 Å². The number of halogens is 1. The van der Waals surface area contributed by atoms with Crippen LogP contribution < -0.4 is 14.8 Å². The molecule has 154 valence electrons. The zero-order valence-electron chi connectivity index (χ0n) is 16.3. The molecule has 1 aliphatic heterocycles. The predicted molar refractivity (Wildman–Crippen MR) is 120 cm³/mol. The van der Waals surface area contributed by atoms with Crippen LogP contribution in [0.2, 0.25) is 0 Å². The Morgan fingerprint density at radius 1 is 1.13 bits per heavy atom. The van der Waals surface area contributed by atoms with E-state index >= 15 is 0 Å². The largest absolute Gasteiger partial charge is 0.493 e. The summed E-state index contributed by atoms with van der Waals surface area (Å²) in [7, 11) is 3.06. The summed E-state index contributed by atoms with van der Waals surface area (Å²) < 4.78 is 11.5. The molecule has 8 heteroatoms. The summed E-state index contributed by atoms with van der Waals surface area (Å²) in [5, 5.41) is 4.89. The van der Waals surface area contributed by atoms with Crippen molar-refractivity contribution in [1.29, 1.82) is 0 Å². The number of anilines is 1. The average molecular weight is 487 g/mol. The summed E-state index contributed by atoms with van der Waals surface area (Å²) in [4.78, 5) is 28.8. The third kappa shape index (κ3) is 3.80. The molecule has 0 bridgehead atoms. The minimum Gasteiger partial charge on any atom is -0.493 e. The van der Waals surface area contributed by atoms with Gasteiger partial charge in [-0.15, -0.1) is 11.3 Å². The van der Waals surface area contributed by atoms with E-state index in [0.717, 1.165) is 14.9 Å². The van der Waals surface area contributed by atoms with Crippen LogP contribution in [-0.4, -0.2) is 37.5 Å². The van der Waals surface area contributed by atoms with Crippen LogP contribution in [0.4, 0.5) is 5.69 Å². The van der Waals surface area contributed by atoms with Crippen molar-refractivity contribution in [2.24, 2.45) is 0 Å². The van der Waals surface area contributed by atoms with Gasteiger partial charge in [0.2, 0.25) is 5.91 Å². The van der Waals surface area contributed by atoms with E-state index < -0.39 is 6.04 Å². The van der Waals surface area contributed by atoms with Crippen molar-refractivity contribution in [2.75, 3.05) is 26.1 Å². The smallest absolute Gasteiger partial charge is 0.255 e. The summed E-state index contributed by atoms with van der Waals surface area (Å²) in [6.45, 7) is -0.0674. The lowest BCUT2D eigenvalue weighted by Crippen LogP contribution is -2.38. The molecule has 0 radical (unpaired) electrons. The second kappa shape index (κ2) is 8.49. The van der Waals surface area contributed by atoms with Crippen molar-refractivity contribution in [3.8, 4) is 11.5 Å². The third-order valence-corrected chi connectivity index (χ3v) is 6.33. The number of nitrogens with one attached hydrogen (secondary N) is 1. The van der Waals surface area contributed by atoms with E-state index in [0.29, 0.717) is 22.7 Å². The van der Waals surface area contributed by atoms with Crippen LogP contribution in [-0.2, 0) is 4.79 Å². The highest BCUT2D eigenvalue weighted by Gasteiger charge is 2.35. The minimum atomic E-state index is -0.406. The summed E-state index contributed by atoms with van der Waals surface area (Å²) in [6.07, 6.45) is 0. The molecule has 0 fully saturated rings. The van der Waals surface area contributed by atoms with E-state index in [9.17, 15) is 9.59 Å². The maximum absolute atomic E-state index is 13.6. The Morgan fingerprint density at radius 3 is 2.63 bits per heavy atom. The molecule has 1 atom stereocenters. The highest BCUT2D eigenvalue weighted by Crippen LogP contribution is 2.40. The summed E-state index contributed by atoms with van der Waals surface area (Å²) in [5.74, 6) is 0.481. The van der Waals surface area contributed by atoms with E-state index in [1.807, 2.05) is 35.7 Å². The minimum absolute atomic E-state index is 0.0674. The molecular formula is C22H19BrN2O4S. The van der Waals surface area contributed by atoms with Crippen LogP contribution in [0.15, 0.2) is 58.4 Å². The molecule has 30 heavy (non-hydrogen) atoms. The standard InChI is InChI=1S/C22H19BrN2O4S/c1-28-17-8-5-13(10-18(17)29-2)22(27)25-12-20(26)24-16-7-6-14(23)11-15(16)21(25)19-4-3-9-30-19/h3-11,21H,12H2,1-2H3,(H,24,26). The number of amides is 2. The lowest BCUT2D eigenvalue weighted by Gasteiger charge is -2.29. The number of methoxy groups -OCH3 is 2. The lowest BCUT2D eigenvalue weighted by molar-refractivity contribution is -0.117. The summed E-state index contributed by atoms with van der Waals surface area (Å²) >= 11 is 5.06. The zero-order valence-corrected chi connectivity index (χ0v) is 18.7. The van der Waals surface area contributed by atoms with E-state index in [1.165, 1.54) is 7.11 Å². The van der Waals surface area contributed by atoms with Crippen molar-refractivity contribution in [3.63, 3.8) is 0 Å². The highest BCUT2D eigenvalue weighted by atomic mass is 79.9. The van der Waals surface area contributed by atoms with Crippen LogP contribution in [0.25, 0.3) is 0 Å². The lowest BCUT2D eigenvalue weighted by atomic mass is 10.0. The van der Waals surface area contributed by atoms with Gasteiger partial charge in [-0.05, 0) is 47.8 Å². The second-order valence-electron chi connectivity index (χ2n) is 6.70. The maximum atomic E-state index is 13.6. The van der Waals surface area contributed by atoms with Gasteiger partial charge in [0.05, 0.1) is 20.3 Å². The Bertz CT molecular complexity index is 1100. The average Bonchev–Trinajstić information content (AvgIpc) is 3.23. The van der Waals surface area contributed by atoms with E-state index in [4.69, 9.17) is 9.47 Å². The number of ether oxygens (including phenoxy) is 2. The molecule has 6 nitrogen and oxygen atoms in total. The number of hydrogen-bond donors (Lipinski definition) is 1. The Balaban J connectivity index is 1.84. The number of rotatable bonds is 4. The highest BCUT2D eigenvalue weighted by molar-refractivity contribution is 9.10. The van der Waals surface area contributed by atoms with E-state index in [-0.39, 0.29) is 18.4 Å². The van der Waals surface area contributed by atoms with Crippen LogP contribution in [0.1, 0.15) is 26.8 Å². The van der Waals surface area contributed by atoms with Gasteiger partial charge in [-0.3, -0.25) is 9.59 Å². The Morgan fingerprint density at radius 2 is 1.93 bits per heavy atom. The van der Waals surface area contributed by atoms with E-state index in [1.54, 1.807) is 41.5 Å². The number of nitrogens with zero attached hydrogens (tertiary/aromatic N) is 1. The Hall–Kier alpha value is -2.84. The number of thiophene rings is 1. The molecule has 0 aliphatic carbocycles. The molecule has 0 saturated carbocycles. The molecule has 2 amide bonds. The topological polar surface area (TPSA) is 67.9 Å². The molecule has 1 aliphatic rings. The van der Waals surface area contributed by atoms with Gasteiger partial charge in [-0.2, -0.15) is 0 Å². The van der Waals surface area contributed by atoms with Gasteiger partial charge >= 0.3 is 0 Å². The molecule has 3 aromatic rings. The quantitative estimate of drug-likeness (QED) is 0.579. The predicted octanol–water partition coefficient (Wildman–Crippen LogP) is 4.71. The number of benzene rings is 2. The monoisotopic (exact) mass is 486 g/mol. The fourth-order valence-corrected chi connectivity index (χ4v) is 4.79. The number of carbonyl (C=O) groups excluding carboxylic acids is 2. The first kappa shape index (κ1) is 20.4. The van der Waals surface area contributed by atoms with Gasteiger partial charge in [0.25, 0.3) is 5.91 Å². The van der Waals surface area contributed by atoms with Crippen molar-refractivity contribution >= 4 is 44.8 Å². The van der Waals surface area contributed by atoms with Crippen molar-refractivity contribution < 1.29 is 19.1 Å². The number of fused-ring (bicyclic) bond motifs is 1. The van der Waals surface area contributed by atoms with Crippen LogP contribution >= 0.6 is 27.3 Å². The molecule has 1 aromatic heterocycles. The first-order valence-corrected chi connectivity index (χ1v) is 10.8. The normalized spacial score (nSPS) is 15.8. The molecule has 0 spiro atoms. The third-order valence-electron chi connectivity index (χ3n) is 4.91. The van der Waals surface area contributed by atoms with Crippen LogP contribution in [0.3, 0.4) is 0 Å². The Kier molecular flexibility index (Phi) is 5.78. The van der Waals surface area contributed by atoms with Crippen molar-refractivity contribution in [2.45, 2.75) is 6.04 Å². The first-order chi connectivity index (χ1) is 14.5. The molecule has 4 rings (SSSR count). The van der Waals surface area contributed by atoms with Gasteiger partial charge < -0.3 is 19.7 Å². The van der Waals surface area contributed by atoms with Gasteiger partial charge in [-0.1, -0.05) is 22.0 Å². The van der Waals surface area contributed by atoms with Gasteiger partial charge in [0.1, 0.15) is 6.54 Å². The maximum Gasteiger partial charge on any atom is 0.255 e. The fourth-order valence-electron chi connectivity index (χ4n) is 3.56. The van der Waals surface area contributed by atoms with Crippen molar-refractivity contribution in [1.82, 2.24) is 4.90 Å². The zero-order chi connectivity index (χ0) is 21.3. The SMILES string of the molecule is COc1ccc(C(=O)N2CC(=O)Nc3ccc(Br)cc3C2c2cccs2)cc1OC. The van der Waals surface area contributed by atoms with Gasteiger partial charge in [0, 0.05) is 26.2 Å². The molecule has 0 saturated heterocycles. The molecule has 2 heterocycles. The second-order valence-corrected chi connectivity index (χ2v) is 8.60.